The topological polar surface area (TPSA) is 23.8 Å². The zero-order valence-corrected chi connectivity index (χ0v) is 9.45. The first kappa shape index (κ1) is 9.57. The molecule has 14 heavy (non-hydrogen) atoms. The Bertz CT molecular complexity index is 520. The number of nitrogens with zero attached hydrogens (tertiary/aromatic N) is 1. The second kappa shape index (κ2) is 3.64. The summed E-state index contributed by atoms with van der Waals surface area (Å²) in [6.45, 7) is 2.09. The number of thiophene rings is 1. The van der Waals surface area contributed by atoms with Crippen molar-refractivity contribution in [3.63, 3.8) is 0 Å². The molecule has 1 aromatic carbocycles. The lowest BCUT2D eigenvalue weighted by atomic mass is 10.1. The molecule has 0 N–H and O–H groups in total. The van der Waals surface area contributed by atoms with Crippen LogP contribution in [-0.2, 0) is 6.42 Å². The fourth-order valence-corrected chi connectivity index (χ4v) is 2.72. The van der Waals surface area contributed by atoms with Crippen molar-refractivity contribution in [3.05, 3.63) is 28.6 Å². The summed E-state index contributed by atoms with van der Waals surface area (Å²) < 4.78 is 1.24. The maximum atomic E-state index is 8.64. The van der Waals surface area contributed by atoms with Gasteiger partial charge in [-0.15, -0.1) is 24.0 Å². The molecule has 0 aliphatic heterocycles. The van der Waals surface area contributed by atoms with Crippen LogP contribution in [0.4, 0.5) is 0 Å². The predicted molar refractivity (Wildman–Crippen MR) is 63.1 cm³/mol. The largest absolute Gasteiger partial charge is 0.198 e. The molecular weight excluding hydrogens is 210 g/mol. The molecule has 0 aliphatic rings. The molecule has 0 unspecified atom stereocenters. The van der Waals surface area contributed by atoms with Crippen LogP contribution in [0.2, 0.25) is 0 Å². The van der Waals surface area contributed by atoms with Gasteiger partial charge in [-0.05, 0) is 40.9 Å². The molecule has 0 saturated heterocycles. The third kappa shape index (κ3) is 1.52. The zero-order valence-electron chi connectivity index (χ0n) is 7.74. The fraction of sp³-hybridized carbons (Fsp3) is 0.182. The van der Waals surface area contributed by atoms with Gasteiger partial charge in [-0.3, -0.25) is 0 Å². The molecule has 70 valence electrons. The van der Waals surface area contributed by atoms with Crippen LogP contribution < -0.4 is 0 Å². The van der Waals surface area contributed by atoms with Crippen molar-refractivity contribution in [1.82, 2.24) is 0 Å². The normalized spacial score (nSPS) is 10.4. The van der Waals surface area contributed by atoms with Gasteiger partial charge in [0.15, 0.2) is 0 Å². The van der Waals surface area contributed by atoms with Gasteiger partial charge >= 0.3 is 0 Å². The number of fused-ring (bicyclic) bond motifs is 1. The van der Waals surface area contributed by atoms with Gasteiger partial charge in [0.25, 0.3) is 0 Å². The molecule has 1 aromatic heterocycles. The minimum absolute atomic E-state index is 0.436. The van der Waals surface area contributed by atoms with Gasteiger partial charge in [-0.1, -0.05) is 0 Å². The number of hydrogen-bond acceptors (Lipinski definition) is 3. The van der Waals surface area contributed by atoms with Crippen LogP contribution >= 0.6 is 24.0 Å². The van der Waals surface area contributed by atoms with Crippen LogP contribution in [0.25, 0.3) is 10.1 Å². The molecule has 0 amide bonds. The van der Waals surface area contributed by atoms with E-state index >= 15 is 0 Å². The van der Waals surface area contributed by atoms with Crippen LogP contribution in [-0.4, -0.2) is 0 Å². The number of nitriles is 1. The Morgan fingerprint density at radius 2 is 2.29 bits per heavy atom. The van der Waals surface area contributed by atoms with Crippen molar-refractivity contribution in [1.29, 1.82) is 5.26 Å². The summed E-state index contributed by atoms with van der Waals surface area (Å²) in [5.74, 6) is 0. The average molecular weight is 219 g/mol. The summed E-state index contributed by atoms with van der Waals surface area (Å²) in [6, 6.07) is 6.27. The van der Waals surface area contributed by atoms with E-state index in [2.05, 4.69) is 43.1 Å². The Kier molecular flexibility index (Phi) is 2.49. The highest BCUT2D eigenvalue weighted by Gasteiger charge is 2.05. The van der Waals surface area contributed by atoms with Crippen molar-refractivity contribution in [2.24, 2.45) is 0 Å². The molecule has 0 bridgehead atoms. The smallest absolute Gasteiger partial charge is 0.0670 e. The minimum atomic E-state index is 0.436. The molecule has 2 aromatic rings. The maximum Gasteiger partial charge on any atom is 0.0670 e. The van der Waals surface area contributed by atoms with E-state index in [1.54, 1.807) is 11.3 Å². The predicted octanol–water partition coefficient (Wildman–Crippen LogP) is 3.56. The molecule has 0 spiro atoms. The Labute approximate surface area is 92.4 Å². The van der Waals surface area contributed by atoms with Crippen LogP contribution in [0.3, 0.4) is 0 Å². The second-order valence-electron chi connectivity index (χ2n) is 3.23. The summed E-state index contributed by atoms with van der Waals surface area (Å²) in [7, 11) is 0. The van der Waals surface area contributed by atoms with Gasteiger partial charge in [0.2, 0.25) is 0 Å². The van der Waals surface area contributed by atoms with Gasteiger partial charge in [0.05, 0.1) is 12.5 Å². The summed E-state index contributed by atoms with van der Waals surface area (Å²) in [4.78, 5) is 0.917. The molecule has 1 nitrogen and oxygen atoms in total. The Morgan fingerprint density at radius 3 is 3.00 bits per heavy atom. The van der Waals surface area contributed by atoms with Crippen LogP contribution in [0.5, 0.6) is 0 Å². The Morgan fingerprint density at radius 1 is 1.50 bits per heavy atom. The molecule has 1 heterocycles. The van der Waals surface area contributed by atoms with E-state index in [4.69, 9.17) is 5.26 Å². The highest BCUT2D eigenvalue weighted by Crippen LogP contribution is 2.30. The SMILES string of the molecule is Cc1csc2cc(CC#N)c(S)cc12. The van der Waals surface area contributed by atoms with E-state index in [1.165, 1.54) is 15.6 Å². The van der Waals surface area contributed by atoms with Crippen molar-refractivity contribution in [3.8, 4) is 6.07 Å². The summed E-state index contributed by atoms with van der Waals surface area (Å²) in [5, 5.41) is 12.0. The lowest BCUT2D eigenvalue weighted by Gasteiger charge is -2.01. The van der Waals surface area contributed by atoms with Gasteiger partial charge < -0.3 is 0 Å². The van der Waals surface area contributed by atoms with Gasteiger partial charge in [0.1, 0.15) is 0 Å². The van der Waals surface area contributed by atoms with Crippen molar-refractivity contribution in [2.75, 3.05) is 0 Å². The van der Waals surface area contributed by atoms with Gasteiger partial charge in [0, 0.05) is 9.60 Å². The average Bonchev–Trinajstić information content (AvgIpc) is 2.50. The first-order valence-corrected chi connectivity index (χ1v) is 5.61. The summed E-state index contributed by atoms with van der Waals surface area (Å²) in [5.41, 5.74) is 2.30. The van der Waals surface area contributed by atoms with E-state index in [0.29, 0.717) is 6.42 Å². The minimum Gasteiger partial charge on any atom is -0.198 e. The van der Waals surface area contributed by atoms with E-state index in [-0.39, 0.29) is 0 Å². The Hall–Kier alpha value is -0.980. The van der Waals surface area contributed by atoms with Crippen LogP contribution in [0.1, 0.15) is 11.1 Å². The van der Waals surface area contributed by atoms with E-state index < -0.39 is 0 Å². The number of rotatable bonds is 1. The van der Waals surface area contributed by atoms with E-state index in [9.17, 15) is 0 Å². The molecular formula is C11H9NS2. The Balaban J connectivity index is 2.67. The van der Waals surface area contributed by atoms with Crippen molar-refractivity contribution >= 4 is 34.1 Å². The number of aryl methyl sites for hydroxylation is 1. The monoisotopic (exact) mass is 219 g/mol. The van der Waals surface area contributed by atoms with Gasteiger partial charge in [-0.2, -0.15) is 5.26 Å². The lowest BCUT2D eigenvalue weighted by Crippen LogP contribution is -1.83. The summed E-state index contributed by atoms with van der Waals surface area (Å²) >= 11 is 6.10. The third-order valence-electron chi connectivity index (χ3n) is 2.24. The lowest BCUT2D eigenvalue weighted by molar-refractivity contribution is 1.20. The third-order valence-corrected chi connectivity index (χ3v) is 3.72. The highest BCUT2D eigenvalue weighted by molar-refractivity contribution is 7.80. The molecule has 3 heteroatoms. The molecule has 0 aliphatic carbocycles. The van der Waals surface area contributed by atoms with Crippen LogP contribution in [0, 0.1) is 18.3 Å². The van der Waals surface area contributed by atoms with E-state index in [1.807, 2.05) is 0 Å². The number of hydrogen-bond donors (Lipinski definition) is 1. The molecule has 0 atom stereocenters. The number of thiol groups is 1. The maximum absolute atomic E-state index is 8.64. The molecule has 0 radical (unpaired) electrons. The number of benzene rings is 1. The zero-order chi connectivity index (χ0) is 10.1. The second-order valence-corrected chi connectivity index (χ2v) is 4.62. The van der Waals surface area contributed by atoms with E-state index in [0.717, 1.165) is 10.5 Å². The first-order valence-electron chi connectivity index (χ1n) is 4.29. The fourth-order valence-electron chi connectivity index (χ4n) is 1.46. The van der Waals surface area contributed by atoms with Crippen LogP contribution in [0.15, 0.2) is 22.4 Å². The molecule has 2 rings (SSSR count). The summed E-state index contributed by atoms with van der Waals surface area (Å²) in [6.07, 6.45) is 0.436. The first-order chi connectivity index (χ1) is 6.72. The van der Waals surface area contributed by atoms with Crippen molar-refractivity contribution < 1.29 is 0 Å². The standard InChI is InChI=1S/C11H9NS2/c1-7-6-14-11-4-8(2-3-12)10(13)5-9(7)11/h4-6,13H,2H2,1H3. The molecule has 0 saturated carbocycles. The van der Waals surface area contributed by atoms with Gasteiger partial charge in [-0.25, -0.2) is 0 Å². The highest BCUT2D eigenvalue weighted by atomic mass is 32.1. The quantitative estimate of drug-likeness (QED) is 0.728. The van der Waals surface area contributed by atoms with Crippen molar-refractivity contribution in [2.45, 2.75) is 18.2 Å². The molecule has 0 fully saturated rings.